The number of hydrogen-bond acceptors (Lipinski definition) is 7. The highest BCUT2D eigenvalue weighted by molar-refractivity contribution is 8.00. The molecule has 5 rings (SSSR count). The Balaban J connectivity index is 1.65. The zero-order valence-electron chi connectivity index (χ0n) is 19.2. The lowest BCUT2D eigenvalue weighted by molar-refractivity contribution is -0.144. The third kappa shape index (κ3) is 4.27. The van der Waals surface area contributed by atoms with Crippen LogP contribution in [-0.4, -0.2) is 34.2 Å². The molecule has 3 heterocycles. The van der Waals surface area contributed by atoms with Gasteiger partial charge in [0.15, 0.2) is 0 Å². The zero-order chi connectivity index (χ0) is 26.5. The van der Waals surface area contributed by atoms with E-state index in [9.17, 15) is 32.3 Å². The van der Waals surface area contributed by atoms with Crippen LogP contribution in [0.5, 0.6) is 0 Å². The number of rotatable bonds is 5. The second-order valence-electron chi connectivity index (χ2n) is 8.41. The number of anilines is 1. The Hall–Kier alpha value is -3.38. The largest absolute Gasteiger partial charge is 0.465 e. The van der Waals surface area contributed by atoms with Gasteiger partial charge in [0, 0.05) is 10.8 Å². The number of aromatic nitrogens is 1. The highest BCUT2D eigenvalue weighted by Crippen LogP contribution is 2.54. The first-order chi connectivity index (χ1) is 17.6. The van der Waals surface area contributed by atoms with E-state index in [0.717, 1.165) is 35.2 Å². The lowest BCUT2D eigenvalue weighted by Crippen LogP contribution is -2.33. The molecular formula is C25H19F3N2O5S2. The predicted octanol–water partition coefficient (Wildman–Crippen LogP) is 4.29. The van der Waals surface area contributed by atoms with Crippen LogP contribution in [0, 0.1) is 5.92 Å². The maximum atomic E-state index is 13.8. The van der Waals surface area contributed by atoms with Gasteiger partial charge in [0.1, 0.15) is 11.8 Å². The normalized spacial score (nSPS) is 21.1. The molecule has 3 aromatic rings. The third-order valence-electron chi connectivity index (χ3n) is 6.25. The SMILES string of the molecule is CCOC(=O)Cn1c2c(sc1=O)[C@@H](c1ccccc1)[C@@H]1C(=O)N(c3ccccc3C(F)(F)F)C(=O)[C@@H]1S2. The molecule has 37 heavy (non-hydrogen) atoms. The van der Waals surface area contributed by atoms with Gasteiger partial charge in [-0.3, -0.25) is 23.7 Å². The molecule has 12 heteroatoms. The molecule has 0 bridgehead atoms. The van der Waals surface area contributed by atoms with Gasteiger partial charge in [-0.1, -0.05) is 65.6 Å². The number of hydrogen-bond donors (Lipinski definition) is 0. The van der Waals surface area contributed by atoms with Gasteiger partial charge in [0.2, 0.25) is 11.8 Å². The lowest BCUT2D eigenvalue weighted by atomic mass is 9.83. The van der Waals surface area contributed by atoms with Crippen LogP contribution in [0.3, 0.4) is 0 Å². The number of halogens is 3. The fourth-order valence-corrected chi connectivity index (χ4v) is 7.53. The van der Waals surface area contributed by atoms with E-state index in [1.54, 1.807) is 37.3 Å². The molecule has 1 aromatic heterocycles. The average molecular weight is 549 g/mol. The van der Waals surface area contributed by atoms with E-state index in [-0.39, 0.29) is 13.2 Å². The lowest BCUT2D eigenvalue weighted by Gasteiger charge is -2.30. The Morgan fingerprint density at radius 1 is 1.00 bits per heavy atom. The van der Waals surface area contributed by atoms with Crippen LogP contribution >= 0.6 is 23.1 Å². The number of nitrogens with zero attached hydrogens (tertiary/aromatic N) is 2. The summed E-state index contributed by atoms with van der Waals surface area (Å²) in [5.41, 5.74) is -0.986. The van der Waals surface area contributed by atoms with Crippen LogP contribution in [0.2, 0.25) is 0 Å². The molecule has 2 amide bonds. The number of ether oxygens (including phenoxy) is 1. The smallest absolute Gasteiger partial charge is 0.418 e. The standard InChI is InChI=1S/C25H19F3N2O5S2/c1-2-35-16(31)12-29-23-20(37-24(29)34)17(13-8-4-3-5-9-13)18-19(36-23)22(33)30(21(18)32)15-11-7-6-10-14(15)25(26,27)28/h3-11,17-19H,2,12H2,1H3/t17-,18-,19+/m0/s1. The topological polar surface area (TPSA) is 85.7 Å². The molecule has 2 aliphatic rings. The Morgan fingerprint density at radius 3 is 2.35 bits per heavy atom. The van der Waals surface area contributed by atoms with E-state index in [1.165, 1.54) is 16.7 Å². The van der Waals surface area contributed by atoms with Crippen LogP contribution < -0.4 is 9.77 Å². The van der Waals surface area contributed by atoms with Crippen molar-refractivity contribution in [2.45, 2.75) is 35.8 Å². The molecule has 192 valence electrons. The molecule has 1 saturated heterocycles. The number of alkyl halides is 3. The van der Waals surface area contributed by atoms with E-state index in [2.05, 4.69) is 0 Å². The van der Waals surface area contributed by atoms with E-state index < -0.39 is 57.2 Å². The Bertz CT molecular complexity index is 1450. The number of carbonyl (C=O) groups excluding carboxylic acids is 3. The third-order valence-corrected chi connectivity index (χ3v) is 8.85. The van der Waals surface area contributed by atoms with Crippen LogP contribution in [0.25, 0.3) is 0 Å². The maximum Gasteiger partial charge on any atom is 0.418 e. The fraction of sp³-hybridized carbons (Fsp3) is 0.280. The average Bonchev–Trinajstić information content (AvgIpc) is 3.30. The molecular weight excluding hydrogens is 529 g/mol. The highest BCUT2D eigenvalue weighted by Gasteiger charge is 2.57. The highest BCUT2D eigenvalue weighted by atomic mass is 32.2. The van der Waals surface area contributed by atoms with E-state index in [4.69, 9.17) is 4.74 Å². The maximum absolute atomic E-state index is 13.8. The zero-order valence-corrected chi connectivity index (χ0v) is 20.9. The Labute approximate surface area is 216 Å². The fourth-order valence-electron chi connectivity index (χ4n) is 4.76. The van der Waals surface area contributed by atoms with Crippen molar-refractivity contribution in [3.05, 3.63) is 80.3 Å². The van der Waals surface area contributed by atoms with Crippen LogP contribution in [0.4, 0.5) is 18.9 Å². The number of fused-ring (bicyclic) bond motifs is 2. The van der Waals surface area contributed by atoms with Crippen LogP contribution in [0.1, 0.15) is 28.8 Å². The second-order valence-corrected chi connectivity index (χ2v) is 10.5. The predicted molar refractivity (Wildman–Crippen MR) is 131 cm³/mol. The van der Waals surface area contributed by atoms with Gasteiger partial charge in [-0.05, 0) is 24.6 Å². The molecule has 0 unspecified atom stereocenters. The van der Waals surface area contributed by atoms with Crippen molar-refractivity contribution in [2.24, 2.45) is 5.92 Å². The van der Waals surface area contributed by atoms with Gasteiger partial charge < -0.3 is 4.74 Å². The summed E-state index contributed by atoms with van der Waals surface area (Å²) in [7, 11) is 0. The van der Waals surface area contributed by atoms with Crippen LogP contribution in [-0.2, 0) is 31.8 Å². The molecule has 0 spiro atoms. The van der Waals surface area contributed by atoms with Crippen molar-refractivity contribution in [3.63, 3.8) is 0 Å². The van der Waals surface area contributed by atoms with Gasteiger partial charge >= 0.3 is 17.0 Å². The monoisotopic (exact) mass is 548 g/mol. The van der Waals surface area contributed by atoms with Gasteiger partial charge in [0.25, 0.3) is 0 Å². The second kappa shape index (κ2) is 9.49. The quantitative estimate of drug-likeness (QED) is 0.350. The van der Waals surface area contributed by atoms with Gasteiger partial charge in [-0.25, -0.2) is 4.90 Å². The minimum absolute atomic E-state index is 0.116. The molecule has 3 atom stereocenters. The van der Waals surface area contributed by atoms with Crippen molar-refractivity contribution in [1.82, 2.24) is 4.57 Å². The Kier molecular flexibility index (Phi) is 6.48. The number of imide groups is 1. The summed E-state index contributed by atoms with van der Waals surface area (Å²) >= 11 is 1.78. The summed E-state index contributed by atoms with van der Waals surface area (Å²) in [4.78, 5) is 53.1. The molecule has 0 saturated carbocycles. The van der Waals surface area contributed by atoms with E-state index in [0.29, 0.717) is 20.4 Å². The number of thioether (sulfide) groups is 1. The molecule has 0 radical (unpaired) electrons. The molecule has 0 N–H and O–H groups in total. The first kappa shape index (κ1) is 25.3. The number of esters is 1. The van der Waals surface area contributed by atoms with Gasteiger partial charge in [-0.15, -0.1) is 0 Å². The van der Waals surface area contributed by atoms with Crippen molar-refractivity contribution in [3.8, 4) is 0 Å². The van der Waals surface area contributed by atoms with Crippen LogP contribution in [0.15, 0.2) is 64.4 Å². The van der Waals surface area contributed by atoms with E-state index in [1.807, 2.05) is 0 Å². The number of thiazole rings is 1. The molecule has 7 nitrogen and oxygen atoms in total. The van der Waals surface area contributed by atoms with Crippen molar-refractivity contribution in [2.75, 3.05) is 11.5 Å². The summed E-state index contributed by atoms with van der Waals surface area (Å²) in [6, 6.07) is 13.2. The summed E-state index contributed by atoms with van der Waals surface area (Å²) in [5, 5.41) is -0.751. The number of amides is 2. The summed E-state index contributed by atoms with van der Waals surface area (Å²) in [6.07, 6.45) is -4.78. The molecule has 0 aliphatic carbocycles. The minimum Gasteiger partial charge on any atom is -0.465 e. The van der Waals surface area contributed by atoms with E-state index >= 15 is 0 Å². The van der Waals surface area contributed by atoms with Gasteiger partial charge in [0.05, 0.1) is 28.8 Å². The first-order valence-electron chi connectivity index (χ1n) is 11.3. The number of benzene rings is 2. The summed E-state index contributed by atoms with van der Waals surface area (Å²) < 4.78 is 47.5. The van der Waals surface area contributed by atoms with Crippen molar-refractivity contribution < 1.29 is 32.3 Å². The van der Waals surface area contributed by atoms with Crippen molar-refractivity contribution in [1.29, 1.82) is 0 Å². The Morgan fingerprint density at radius 2 is 1.68 bits per heavy atom. The number of carbonyl (C=O) groups is 3. The molecule has 1 fully saturated rings. The summed E-state index contributed by atoms with van der Waals surface area (Å²) in [5.74, 6) is -4.01. The minimum atomic E-state index is -4.78. The molecule has 2 aromatic carbocycles. The number of para-hydroxylation sites is 1. The summed E-state index contributed by atoms with van der Waals surface area (Å²) in [6.45, 7) is 1.36. The van der Waals surface area contributed by atoms with Crippen molar-refractivity contribution >= 4 is 46.6 Å². The molecule has 2 aliphatic heterocycles. The van der Waals surface area contributed by atoms with Gasteiger partial charge in [-0.2, -0.15) is 13.2 Å². The first-order valence-corrected chi connectivity index (χ1v) is 13.0.